The molecule has 27 heavy (non-hydrogen) atoms. The Bertz CT molecular complexity index is 637. The first-order valence-corrected chi connectivity index (χ1v) is 9.98. The topological polar surface area (TPSA) is 0 Å². The van der Waals surface area contributed by atoms with E-state index < -0.39 is 23.4 Å². The fourth-order valence-electron chi connectivity index (χ4n) is 5.10. The van der Waals surface area contributed by atoms with Gasteiger partial charge in [0.15, 0.2) is 0 Å². The number of halogens is 5. The Morgan fingerprint density at radius 3 is 1.74 bits per heavy atom. The van der Waals surface area contributed by atoms with Crippen molar-refractivity contribution in [2.75, 3.05) is 0 Å². The van der Waals surface area contributed by atoms with E-state index in [4.69, 9.17) is 0 Å². The molecule has 150 valence electrons. The smallest absolute Gasteiger partial charge is 0.206 e. The fraction of sp³-hybridized carbons (Fsp3) is 0.636. The van der Waals surface area contributed by atoms with Crippen molar-refractivity contribution >= 4 is 0 Å². The van der Waals surface area contributed by atoms with E-state index in [2.05, 4.69) is 19.1 Å². The molecule has 2 fully saturated rings. The Kier molecular flexibility index (Phi) is 6.27. The first-order chi connectivity index (χ1) is 12.8. The molecule has 0 spiro atoms. The predicted molar refractivity (Wildman–Crippen MR) is 96.3 cm³/mol. The van der Waals surface area contributed by atoms with Crippen LogP contribution in [0.5, 0.6) is 0 Å². The first kappa shape index (κ1) is 20.3. The van der Waals surface area contributed by atoms with Gasteiger partial charge < -0.3 is 0 Å². The number of hydrogen-bond donors (Lipinski definition) is 0. The molecule has 2 aliphatic rings. The fourth-order valence-corrected chi connectivity index (χ4v) is 5.10. The number of hydrogen-bond acceptors (Lipinski definition) is 0. The van der Waals surface area contributed by atoms with Crippen LogP contribution >= 0.6 is 0 Å². The second-order valence-electron chi connectivity index (χ2n) is 8.17. The van der Waals surface area contributed by atoms with Gasteiger partial charge in [-0.1, -0.05) is 12.2 Å². The van der Waals surface area contributed by atoms with Crippen molar-refractivity contribution in [3.63, 3.8) is 0 Å². The summed E-state index contributed by atoms with van der Waals surface area (Å²) < 4.78 is 65.9. The van der Waals surface area contributed by atoms with Crippen LogP contribution in [0.3, 0.4) is 0 Å². The van der Waals surface area contributed by atoms with Gasteiger partial charge in [-0.25, -0.2) is 8.78 Å². The summed E-state index contributed by atoms with van der Waals surface area (Å²) in [6, 6.07) is 1.78. The maximum absolute atomic E-state index is 13.9. The van der Waals surface area contributed by atoms with Crippen LogP contribution in [0.25, 0.3) is 0 Å². The summed E-state index contributed by atoms with van der Waals surface area (Å²) in [5, 5.41) is 0. The highest BCUT2D eigenvalue weighted by molar-refractivity contribution is 5.30. The summed E-state index contributed by atoms with van der Waals surface area (Å²) in [6.45, 7) is 2.06. The van der Waals surface area contributed by atoms with E-state index in [-0.39, 0.29) is 5.92 Å². The Morgan fingerprint density at radius 2 is 1.30 bits per heavy atom. The van der Waals surface area contributed by atoms with Gasteiger partial charge in [0.2, 0.25) is 0 Å². The van der Waals surface area contributed by atoms with Gasteiger partial charge in [0.1, 0.15) is 17.2 Å². The second-order valence-corrected chi connectivity index (χ2v) is 8.17. The molecule has 3 rings (SSSR count). The minimum Gasteiger partial charge on any atom is -0.206 e. The standard InChI is InChI=1S/C22H27F5/c1-2-3-14-4-6-15(7-5-14)16-8-10-17(11-9-16)18-12-19(23)21(20(24)13-18)22(25,26)27/h2-3,12-17H,4-11H2,1H3/b3-2+/t14-,15-,16-,17-. The van der Waals surface area contributed by atoms with E-state index in [0.717, 1.165) is 37.8 Å². The lowest BCUT2D eigenvalue weighted by molar-refractivity contribution is -0.142. The summed E-state index contributed by atoms with van der Waals surface area (Å²) in [7, 11) is 0. The highest BCUT2D eigenvalue weighted by Gasteiger charge is 2.38. The van der Waals surface area contributed by atoms with Crippen LogP contribution in [0.1, 0.15) is 75.3 Å². The molecule has 0 saturated heterocycles. The lowest BCUT2D eigenvalue weighted by atomic mass is 9.68. The van der Waals surface area contributed by atoms with Gasteiger partial charge in [-0.05, 0) is 99.7 Å². The molecule has 0 radical (unpaired) electrons. The van der Waals surface area contributed by atoms with Crippen molar-refractivity contribution in [1.82, 2.24) is 0 Å². The zero-order valence-corrected chi connectivity index (χ0v) is 15.7. The molecule has 1 aromatic carbocycles. The third-order valence-electron chi connectivity index (χ3n) is 6.54. The number of rotatable bonds is 3. The zero-order valence-electron chi connectivity index (χ0n) is 15.7. The van der Waals surface area contributed by atoms with Gasteiger partial charge in [-0.3, -0.25) is 0 Å². The summed E-state index contributed by atoms with van der Waals surface area (Å²) >= 11 is 0. The molecule has 0 aromatic heterocycles. The molecule has 0 heterocycles. The molecule has 0 atom stereocenters. The molecule has 5 heteroatoms. The van der Waals surface area contributed by atoms with Gasteiger partial charge in [0, 0.05) is 0 Å². The largest absolute Gasteiger partial charge is 0.422 e. The Morgan fingerprint density at radius 1 is 0.815 bits per heavy atom. The van der Waals surface area contributed by atoms with Gasteiger partial charge in [0.05, 0.1) is 0 Å². The maximum atomic E-state index is 13.9. The van der Waals surface area contributed by atoms with Crippen LogP contribution in [0.15, 0.2) is 24.3 Å². The number of allylic oxidation sites excluding steroid dienone is 2. The van der Waals surface area contributed by atoms with E-state index in [0.29, 0.717) is 23.3 Å². The van der Waals surface area contributed by atoms with Crippen molar-refractivity contribution in [1.29, 1.82) is 0 Å². The minimum atomic E-state index is -5.00. The van der Waals surface area contributed by atoms with E-state index in [1.54, 1.807) is 0 Å². The van der Waals surface area contributed by atoms with Gasteiger partial charge in [0.25, 0.3) is 0 Å². The van der Waals surface area contributed by atoms with Crippen molar-refractivity contribution in [2.24, 2.45) is 17.8 Å². The van der Waals surface area contributed by atoms with E-state index in [1.165, 1.54) is 25.7 Å². The lowest BCUT2D eigenvalue weighted by Crippen LogP contribution is -2.25. The lowest BCUT2D eigenvalue weighted by Gasteiger charge is -2.37. The third-order valence-corrected chi connectivity index (χ3v) is 6.54. The van der Waals surface area contributed by atoms with Crippen LogP contribution in [-0.2, 0) is 6.18 Å². The average Bonchev–Trinajstić information content (AvgIpc) is 2.61. The second kappa shape index (κ2) is 8.32. The maximum Gasteiger partial charge on any atom is 0.422 e. The van der Waals surface area contributed by atoms with Crippen LogP contribution in [0, 0.1) is 29.4 Å². The Hall–Kier alpha value is -1.39. The molecule has 0 amide bonds. The van der Waals surface area contributed by atoms with E-state index >= 15 is 0 Å². The molecule has 0 nitrogen and oxygen atoms in total. The average molecular weight is 386 g/mol. The van der Waals surface area contributed by atoms with Crippen LogP contribution in [0.2, 0.25) is 0 Å². The molecule has 2 aliphatic carbocycles. The first-order valence-electron chi connectivity index (χ1n) is 9.98. The molecule has 1 aromatic rings. The Balaban J connectivity index is 1.60. The van der Waals surface area contributed by atoms with Gasteiger partial charge in [-0.15, -0.1) is 0 Å². The number of alkyl halides is 3. The SMILES string of the molecule is C/C=C/[C@H]1CC[C@H]([C@H]2CC[C@H](c3cc(F)c(C(F)(F)F)c(F)c3)CC2)CC1. The highest BCUT2D eigenvalue weighted by Crippen LogP contribution is 2.45. The summed E-state index contributed by atoms with van der Waals surface area (Å²) in [5.41, 5.74) is -1.41. The molecular formula is C22H27F5. The summed E-state index contributed by atoms with van der Waals surface area (Å²) in [5.74, 6) is -0.998. The zero-order chi connectivity index (χ0) is 19.6. The molecule has 0 aliphatic heterocycles. The Labute approximate surface area is 157 Å². The molecule has 0 bridgehead atoms. The monoisotopic (exact) mass is 386 g/mol. The van der Waals surface area contributed by atoms with Gasteiger partial charge in [-0.2, -0.15) is 13.2 Å². The van der Waals surface area contributed by atoms with Crippen molar-refractivity contribution in [3.05, 3.63) is 47.0 Å². The van der Waals surface area contributed by atoms with E-state index in [1.807, 2.05) is 0 Å². The van der Waals surface area contributed by atoms with Crippen molar-refractivity contribution in [2.45, 2.75) is 70.4 Å². The molecular weight excluding hydrogens is 359 g/mol. The van der Waals surface area contributed by atoms with Crippen LogP contribution < -0.4 is 0 Å². The van der Waals surface area contributed by atoms with Crippen molar-refractivity contribution in [3.8, 4) is 0 Å². The third kappa shape index (κ3) is 4.72. The molecule has 2 saturated carbocycles. The van der Waals surface area contributed by atoms with Crippen LogP contribution in [0.4, 0.5) is 22.0 Å². The number of benzene rings is 1. The molecule has 0 unspecified atom stereocenters. The van der Waals surface area contributed by atoms with Crippen LogP contribution in [-0.4, -0.2) is 0 Å². The predicted octanol–water partition coefficient (Wildman–Crippen LogP) is 7.64. The normalized spacial score (nSPS) is 30.0. The van der Waals surface area contributed by atoms with E-state index in [9.17, 15) is 22.0 Å². The van der Waals surface area contributed by atoms with Gasteiger partial charge >= 0.3 is 6.18 Å². The van der Waals surface area contributed by atoms with Crippen molar-refractivity contribution < 1.29 is 22.0 Å². The summed E-state index contributed by atoms with van der Waals surface area (Å²) in [4.78, 5) is 0. The molecule has 0 N–H and O–H groups in total. The highest BCUT2D eigenvalue weighted by atomic mass is 19.4. The summed E-state index contributed by atoms with van der Waals surface area (Å²) in [6.07, 6.45) is 7.90. The minimum absolute atomic E-state index is 0.0492. The quantitative estimate of drug-likeness (QED) is 0.370.